The van der Waals surface area contributed by atoms with Crippen molar-refractivity contribution >= 4 is 63.5 Å². The van der Waals surface area contributed by atoms with E-state index in [2.05, 4.69) is 5.32 Å². The highest BCUT2D eigenvalue weighted by Gasteiger charge is 2.31. The Hall–Kier alpha value is -2.59. The molecule has 186 valence electrons. The van der Waals surface area contributed by atoms with Gasteiger partial charge in [-0.15, -0.1) is 0 Å². The topological polar surface area (TPSA) is 77.1 Å². The molecule has 1 fully saturated rings. The van der Waals surface area contributed by atoms with Gasteiger partial charge in [-0.1, -0.05) is 47.7 Å². The molecule has 10 heteroatoms. The second-order valence-corrected chi connectivity index (χ2v) is 9.65. The van der Waals surface area contributed by atoms with Gasteiger partial charge in [0, 0.05) is 31.0 Å². The lowest BCUT2D eigenvalue weighted by Gasteiger charge is -2.14. The largest absolute Gasteiger partial charge is 0.490 e. The number of ether oxygens (including phenoxy) is 3. The lowest BCUT2D eigenvalue weighted by molar-refractivity contribution is -0.122. The van der Waals surface area contributed by atoms with Crippen molar-refractivity contribution in [2.75, 3.05) is 38.8 Å². The molecule has 2 amide bonds. The van der Waals surface area contributed by atoms with E-state index in [4.69, 9.17) is 38.0 Å². The minimum absolute atomic E-state index is 0.123. The van der Waals surface area contributed by atoms with Gasteiger partial charge >= 0.3 is 0 Å². The zero-order chi connectivity index (χ0) is 25.4. The first-order valence-electron chi connectivity index (χ1n) is 11.0. The molecule has 1 heterocycles. The van der Waals surface area contributed by atoms with Crippen LogP contribution in [0.15, 0.2) is 41.3 Å². The molecule has 1 aliphatic rings. The monoisotopic (exact) mass is 534 g/mol. The van der Waals surface area contributed by atoms with Gasteiger partial charge in [0.15, 0.2) is 18.1 Å². The Kier molecular flexibility index (Phi) is 9.97. The van der Waals surface area contributed by atoms with Gasteiger partial charge < -0.3 is 19.5 Å². The first-order chi connectivity index (χ1) is 16.8. The van der Waals surface area contributed by atoms with Crippen LogP contribution < -0.4 is 14.8 Å². The average molecular weight is 535 g/mol. The summed E-state index contributed by atoms with van der Waals surface area (Å²) in [5.74, 6) is 0.457. The number of nitrogens with zero attached hydrogens (tertiary/aromatic N) is 1. The molecular formula is C25H27ClN2O5S2. The minimum atomic E-state index is -0.320. The summed E-state index contributed by atoms with van der Waals surface area (Å²) in [6.45, 7) is 4.98. The Balaban J connectivity index is 1.68. The second kappa shape index (κ2) is 12.9. The number of rotatable bonds is 11. The zero-order valence-electron chi connectivity index (χ0n) is 19.8. The Labute approximate surface area is 219 Å². The summed E-state index contributed by atoms with van der Waals surface area (Å²) in [6.07, 6.45) is 2.48. The molecule has 2 aromatic rings. The SMILES string of the molecule is CCOc1cc(/C=C2\SC(=S)N(CCCOC)C2=O)ccc1OCC(=O)Nc1cccc(Cl)c1C. The predicted octanol–water partition coefficient (Wildman–Crippen LogP) is 5.30. The van der Waals surface area contributed by atoms with E-state index in [-0.39, 0.29) is 18.4 Å². The fraction of sp³-hybridized carbons (Fsp3) is 0.320. The Bertz CT molecular complexity index is 1140. The molecule has 1 N–H and O–H groups in total. The molecule has 0 unspecified atom stereocenters. The molecule has 0 radical (unpaired) electrons. The number of hydrogen-bond acceptors (Lipinski definition) is 7. The van der Waals surface area contributed by atoms with Gasteiger partial charge in [0.1, 0.15) is 4.32 Å². The number of carbonyl (C=O) groups is 2. The Morgan fingerprint density at radius 2 is 2.03 bits per heavy atom. The van der Waals surface area contributed by atoms with Gasteiger partial charge in [0.25, 0.3) is 11.8 Å². The number of methoxy groups -OCH3 is 1. The van der Waals surface area contributed by atoms with E-state index in [0.29, 0.717) is 57.6 Å². The highest BCUT2D eigenvalue weighted by molar-refractivity contribution is 8.26. The second-order valence-electron chi connectivity index (χ2n) is 7.57. The van der Waals surface area contributed by atoms with Crippen LogP contribution in [0.4, 0.5) is 5.69 Å². The number of nitrogens with one attached hydrogen (secondary N) is 1. The molecule has 0 aromatic heterocycles. The van der Waals surface area contributed by atoms with Gasteiger partial charge in [-0.25, -0.2) is 0 Å². The van der Waals surface area contributed by atoms with Gasteiger partial charge in [0.05, 0.1) is 11.5 Å². The molecular weight excluding hydrogens is 508 g/mol. The maximum atomic E-state index is 12.8. The highest BCUT2D eigenvalue weighted by atomic mass is 35.5. The maximum absolute atomic E-state index is 12.8. The summed E-state index contributed by atoms with van der Waals surface area (Å²) in [5, 5.41) is 3.37. The number of hydrogen-bond donors (Lipinski definition) is 1. The molecule has 7 nitrogen and oxygen atoms in total. The predicted molar refractivity (Wildman–Crippen MR) is 144 cm³/mol. The van der Waals surface area contributed by atoms with Crippen LogP contribution in [-0.4, -0.2) is 54.5 Å². The number of benzene rings is 2. The Morgan fingerprint density at radius 1 is 1.23 bits per heavy atom. The number of thioether (sulfide) groups is 1. The van der Waals surface area contributed by atoms with Gasteiger partial charge in [-0.2, -0.15) is 0 Å². The van der Waals surface area contributed by atoms with Crippen LogP contribution in [0.1, 0.15) is 24.5 Å². The third-order valence-corrected chi connectivity index (χ3v) is 6.86. The summed E-state index contributed by atoms with van der Waals surface area (Å²) < 4.78 is 17.0. The number of anilines is 1. The third-order valence-electron chi connectivity index (χ3n) is 5.07. The van der Waals surface area contributed by atoms with Crippen LogP contribution >= 0.6 is 35.6 Å². The molecule has 0 saturated carbocycles. The highest BCUT2D eigenvalue weighted by Crippen LogP contribution is 2.35. The van der Waals surface area contributed by atoms with Crippen LogP contribution in [0, 0.1) is 6.92 Å². The van der Waals surface area contributed by atoms with Crippen molar-refractivity contribution in [3.05, 3.63) is 57.5 Å². The number of amides is 2. The maximum Gasteiger partial charge on any atom is 0.266 e. The third kappa shape index (κ3) is 7.20. The summed E-state index contributed by atoms with van der Waals surface area (Å²) in [7, 11) is 1.63. The summed E-state index contributed by atoms with van der Waals surface area (Å²) in [5.41, 5.74) is 2.18. The van der Waals surface area contributed by atoms with E-state index in [0.717, 1.165) is 11.1 Å². The molecule has 1 saturated heterocycles. The molecule has 0 atom stereocenters. The van der Waals surface area contributed by atoms with E-state index in [1.54, 1.807) is 54.5 Å². The van der Waals surface area contributed by atoms with Gasteiger partial charge in [-0.05, 0) is 61.7 Å². The molecule has 0 aliphatic carbocycles. The lowest BCUT2D eigenvalue weighted by atomic mass is 10.2. The molecule has 35 heavy (non-hydrogen) atoms. The van der Waals surface area contributed by atoms with Crippen molar-refractivity contribution in [1.29, 1.82) is 0 Å². The number of halogens is 1. The van der Waals surface area contributed by atoms with Crippen molar-refractivity contribution in [3.8, 4) is 11.5 Å². The van der Waals surface area contributed by atoms with Crippen LogP contribution in [0.2, 0.25) is 5.02 Å². The van der Waals surface area contributed by atoms with Crippen LogP contribution in [0.3, 0.4) is 0 Å². The molecule has 0 spiro atoms. The quantitative estimate of drug-likeness (QED) is 0.238. The molecule has 3 rings (SSSR count). The van der Waals surface area contributed by atoms with Crippen molar-refractivity contribution in [2.24, 2.45) is 0 Å². The minimum Gasteiger partial charge on any atom is -0.490 e. The Morgan fingerprint density at radius 3 is 2.77 bits per heavy atom. The van der Waals surface area contributed by atoms with Crippen molar-refractivity contribution < 1.29 is 23.8 Å². The number of carbonyl (C=O) groups excluding carboxylic acids is 2. The summed E-state index contributed by atoms with van der Waals surface area (Å²) in [6, 6.07) is 10.6. The van der Waals surface area contributed by atoms with Gasteiger partial charge in [-0.3, -0.25) is 14.5 Å². The smallest absolute Gasteiger partial charge is 0.266 e. The van der Waals surface area contributed by atoms with E-state index in [9.17, 15) is 9.59 Å². The van der Waals surface area contributed by atoms with Crippen LogP contribution in [0.5, 0.6) is 11.5 Å². The summed E-state index contributed by atoms with van der Waals surface area (Å²) >= 11 is 12.7. The van der Waals surface area contributed by atoms with E-state index in [1.165, 1.54) is 11.8 Å². The van der Waals surface area contributed by atoms with E-state index < -0.39 is 0 Å². The number of thiocarbonyl (C=S) groups is 1. The van der Waals surface area contributed by atoms with Crippen LogP contribution in [0.25, 0.3) is 6.08 Å². The fourth-order valence-electron chi connectivity index (χ4n) is 3.29. The fourth-order valence-corrected chi connectivity index (χ4v) is 4.77. The van der Waals surface area contributed by atoms with Gasteiger partial charge in [0.2, 0.25) is 0 Å². The molecule has 1 aliphatic heterocycles. The molecule has 2 aromatic carbocycles. The standard InChI is InChI=1S/C25H27ClN2O5S2/c1-4-32-21-13-17(14-22-24(30)28(25(34)35-22)11-6-12-31-3)9-10-20(21)33-15-23(29)27-19-8-5-7-18(26)16(19)2/h5,7-10,13-14H,4,6,11-12,15H2,1-3H3,(H,27,29)/b22-14-. The van der Waals surface area contributed by atoms with Crippen LogP contribution in [-0.2, 0) is 14.3 Å². The average Bonchev–Trinajstić information content (AvgIpc) is 3.09. The first kappa shape index (κ1) is 27.0. The normalized spacial score (nSPS) is 14.5. The molecule has 0 bridgehead atoms. The zero-order valence-corrected chi connectivity index (χ0v) is 22.1. The van der Waals surface area contributed by atoms with E-state index in [1.807, 2.05) is 13.8 Å². The first-order valence-corrected chi connectivity index (χ1v) is 12.6. The van der Waals surface area contributed by atoms with Crippen molar-refractivity contribution in [3.63, 3.8) is 0 Å². The van der Waals surface area contributed by atoms with Crippen molar-refractivity contribution in [2.45, 2.75) is 20.3 Å². The lowest BCUT2D eigenvalue weighted by Crippen LogP contribution is -2.29. The summed E-state index contributed by atoms with van der Waals surface area (Å²) in [4.78, 5) is 27.3. The van der Waals surface area contributed by atoms with E-state index >= 15 is 0 Å². The van der Waals surface area contributed by atoms with Crippen molar-refractivity contribution in [1.82, 2.24) is 4.90 Å².